The molecule has 1 N–H and O–H groups in total. The fourth-order valence-corrected chi connectivity index (χ4v) is 4.44. The summed E-state index contributed by atoms with van der Waals surface area (Å²) in [4.78, 5) is 34.7. The highest BCUT2D eigenvalue weighted by atomic mass is 19.2. The van der Waals surface area contributed by atoms with E-state index in [4.69, 9.17) is 4.74 Å². The third-order valence-corrected chi connectivity index (χ3v) is 6.27. The van der Waals surface area contributed by atoms with Gasteiger partial charge in [0.05, 0.1) is 12.0 Å². The Morgan fingerprint density at radius 3 is 2.46 bits per heavy atom. The average Bonchev–Trinajstić information content (AvgIpc) is 2.90. The Morgan fingerprint density at radius 1 is 1.05 bits per heavy atom. The quantitative estimate of drug-likeness (QED) is 0.361. The normalized spacial score (nSPS) is 16.4. The number of benzene rings is 2. The number of hydrogen-bond acceptors (Lipinski definition) is 6. The van der Waals surface area contributed by atoms with E-state index >= 15 is 0 Å². The van der Waals surface area contributed by atoms with Gasteiger partial charge in [0, 0.05) is 19.5 Å². The van der Waals surface area contributed by atoms with Crippen LogP contribution < -0.4 is 10.2 Å². The maximum atomic E-state index is 14.2. The van der Waals surface area contributed by atoms with E-state index in [1.165, 1.54) is 4.90 Å². The standard InChI is InChI=1S/C28H30F2N4O3/c1-18(2)37-28(36)23(15-19-10-12-21(13-11-19)20-7-4-3-5-8-20)33-27(35)22-9-6-14-34(16-22)26-24(29)25(30)31-17-32-26/h3-5,7-8,10-13,17-18,22-23H,6,9,14-16H2,1-2H3,(H,33,35). The summed E-state index contributed by atoms with van der Waals surface area (Å²) in [5.74, 6) is -3.93. The third-order valence-electron chi connectivity index (χ3n) is 6.27. The molecule has 1 amide bonds. The molecule has 194 valence electrons. The lowest BCUT2D eigenvalue weighted by Gasteiger charge is -2.33. The molecule has 1 saturated heterocycles. The van der Waals surface area contributed by atoms with Crippen LogP contribution in [-0.2, 0) is 20.7 Å². The first-order valence-corrected chi connectivity index (χ1v) is 12.4. The molecule has 7 nitrogen and oxygen atoms in total. The Bertz CT molecular complexity index is 1220. The molecule has 0 bridgehead atoms. The molecule has 0 saturated carbocycles. The number of anilines is 1. The highest BCUT2D eigenvalue weighted by molar-refractivity contribution is 5.86. The van der Waals surface area contributed by atoms with Crippen LogP contribution in [0.15, 0.2) is 60.9 Å². The molecule has 3 aromatic rings. The van der Waals surface area contributed by atoms with Crippen LogP contribution in [0.2, 0.25) is 0 Å². The third kappa shape index (κ3) is 6.67. The summed E-state index contributed by atoms with van der Waals surface area (Å²) >= 11 is 0. The van der Waals surface area contributed by atoms with Crippen molar-refractivity contribution >= 4 is 17.7 Å². The van der Waals surface area contributed by atoms with Gasteiger partial charge in [0.1, 0.15) is 12.4 Å². The molecular weight excluding hydrogens is 478 g/mol. The van der Waals surface area contributed by atoms with Gasteiger partial charge in [-0.3, -0.25) is 4.79 Å². The Morgan fingerprint density at radius 2 is 1.76 bits per heavy atom. The summed E-state index contributed by atoms with van der Waals surface area (Å²) in [5, 5.41) is 2.84. The number of nitrogens with zero attached hydrogens (tertiary/aromatic N) is 3. The molecule has 9 heteroatoms. The minimum Gasteiger partial charge on any atom is -0.461 e. The van der Waals surface area contributed by atoms with Gasteiger partial charge >= 0.3 is 5.97 Å². The summed E-state index contributed by atoms with van der Waals surface area (Å²) < 4.78 is 33.2. The number of esters is 1. The monoisotopic (exact) mass is 508 g/mol. The van der Waals surface area contributed by atoms with Crippen molar-refractivity contribution in [2.24, 2.45) is 5.92 Å². The molecule has 2 aromatic carbocycles. The Labute approximate surface area is 214 Å². The fraction of sp³-hybridized carbons (Fsp3) is 0.357. The van der Waals surface area contributed by atoms with Gasteiger partial charge in [0.15, 0.2) is 5.82 Å². The van der Waals surface area contributed by atoms with Gasteiger partial charge < -0.3 is 15.0 Å². The smallest absolute Gasteiger partial charge is 0.329 e. The zero-order valence-electron chi connectivity index (χ0n) is 20.9. The van der Waals surface area contributed by atoms with Crippen molar-refractivity contribution in [2.45, 2.75) is 45.3 Å². The van der Waals surface area contributed by atoms with E-state index in [-0.39, 0.29) is 30.8 Å². The number of nitrogens with one attached hydrogen (secondary N) is 1. The number of carbonyl (C=O) groups excluding carboxylic acids is 2. The maximum absolute atomic E-state index is 14.2. The van der Waals surface area contributed by atoms with Crippen LogP contribution >= 0.6 is 0 Å². The first-order valence-electron chi connectivity index (χ1n) is 12.4. The molecule has 1 aromatic heterocycles. The van der Waals surface area contributed by atoms with Gasteiger partial charge in [-0.15, -0.1) is 0 Å². The first-order chi connectivity index (χ1) is 17.8. The number of halogens is 2. The Kier molecular flexibility index (Phi) is 8.43. The van der Waals surface area contributed by atoms with E-state index in [1.54, 1.807) is 13.8 Å². The van der Waals surface area contributed by atoms with Crippen LogP contribution in [-0.4, -0.2) is 47.1 Å². The first kappa shape index (κ1) is 26.2. The number of ether oxygens (including phenoxy) is 1. The van der Waals surface area contributed by atoms with Crippen LogP contribution in [0.4, 0.5) is 14.6 Å². The largest absolute Gasteiger partial charge is 0.461 e. The van der Waals surface area contributed by atoms with Crippen molar-refractivity contribution in [1.82, 2.24) is 15.3 Å². The fourth-order valence-electron chi connectivity index (χ4n) is 4.44. The highest BCUT2D eigenvalue weighted by Gasteiger charge is 2.32. The highest BCUT2D eigenvalue weighted by Crippen LogP contribution is 2.25. The van der Waals surface area contributed by atoms with Gasteiger partial charge in [-0.1, -0.05) is 54.6 Å². The molecule has 2 unspecified atom stereocenters. The summed E-state index contributed by atoms with van der Waals surface area (Å²) in [6.45, 7) is 4.08. The Balaban J connectivity index is 1.46. The average molecular weight is 509 g/mol. The zero-order valence-corrected chi connectivity index (χ0v) is 20.9. The summed E-state index contributed by atoms with van der Waals surface area (Å²) in [7, 11) is 0. The van der Waals surface area contributed by atoms with Crippen LogP contribution in [0.3, 0.4) is 0 Å². The predicted octanol–water partition coefficient (Wildman–Crippen LogP) is 4.32. The van der Waals surface area contributed by atoms with Crippen molar-refractivity contribution in [2.75, 3.05) is 18.0 Å². The molecule has 2 heterocycles. The van der Waals surface area contributed by atoms with E-state index in [0.29, 0.717) is 19.4 Å². The van der Waals surface area contributed by atoms with Crippen molar-refractivity contribution < 1.29 is 23.1 Å². The lowest BCUT2D eigenvalue weighted by molar-refractivity contribution is -0.151. The number of rotatable bonds is 8. The number of carbonyl (C=O) groups is 2. The molecule has 0 aliphatic carbocycles. The Hall–Kier alpha value is -3.88. The van der Waals surface area contributed by atoms with E-state index in [0.717, 1.165) is 23.0 Å². The molecule has 0 radical (unpaired) electrons. The lowest BCUT2D eigenvalue weighted by atomic mass is 9.95. The second-order valence-electron chi connectivity index (χ2n) is 9.40. The molecule has 4 rings (SSSR count). The van der Waals surface area contributed by atoms with E-state index < -0.39 is 29.7 Å². The molecule has 1 fully saturated rings. The second-order valence-corrected chi connectivity index (χ2v) is 9.40. The van der Waals surface area contributed by atoms with Crippen molar-refractivity contribution in [3.8, 4) is 11.1 Å². The zero-order chi connectivity index (χ0) is 26.4. The number of aromatic nitrogens is 2. The minimum absolute atomic E-state index is 0.150. The number of amides is 1. The number of piperidine rings is 1. The molecule has 2 atom stereocenters. The van der Waals surface area contributed by atoms with Crippen LogP contribution in [0.1, 0.15) is 32.3 Å². The van der Waals surface area contributed by atoms with Crippen LogP contribution in [0, 0.1) is 17.7 Å². The molecule has 0 spiro atoms. The predicted molar refractivity (Wildman–Crippen MR) is 136 cm³/mol. The number of hydrogen-bond donors (Lipinski definition) is 1. The SMILES string of the molecule is CC(C)OC(=O)C(Cc1ccc(-c2ccccc2)cc1)NC(=O)C1CCCN(c2ncnc(F)c2F)C1. The van der Waals surface area contributed by atoms with E-state index in [2.05, 4.69) is 15.3 Å². The summed E-state index contributed by atoms with van der Waals surface area (Å²) in [5.41, 5.74) is 3.00. The van der Waals surface area contributed by atoms with E-state index in [1.807, 2.05) is 54.6 Å². The van der Waals surface area contributed by atoms with Crippen molar-refractivity contribution in [3.63, 3.8) is 0 Å². The summed E-state index contributed by atoms with van der Waals surface area (Å²) in [6, 6.07) is 16.9. The topological polar surface area (TPSA) is 84.4 Å². The van der Waals surface area contributed by atoms with Gasteiger partial charge in [0.2, 0.25) is 11.7 Å². The summed E-state index contributed by atoms with van der Waals surface area (Å²) in [6.07, 6.45) is 2.01. The van der Waals surface area contributed by atoms with Gasteiger partial charge in [0.25, 0.3) is 5.95 Å². The van der Waals surface area contributed by atoms with Crippen LogP contribution in [0.25, 0.3) is 11.1 Å². The molecule has 1 aliphatic heterocycles. The molecule has 1 aliphatic rings. The lowest BCUT2D eigenvalue weighted by Crippen LogP contribution is -2.50. The molecular formula is C28H30F2N4O3. The van der Waals surface area contributed by atoms with Gasteiger partial charge in [-0.25, -0.2) is 14.8 Å². The van der Waals surface area contributed by atoms with Crippen LogP contribution in [0.5, 0.6) is 0 Å². The van der Waals surface area contributed by atoms with Gasteiger partial charge in [-0.2, -0.15) is 8.78 Å². The minimum atomic E-state index is -1.23. The van der Waals surface area contributed by atoms with Crippen molar-refractivity contribution in [1.29, 1.82) is 0 Å². The van der Waals surface area contributed by atoms with Gasteiger partial charge in [-0.05, 0) is 43.4 Å². The van der Waals surface area contributed by atoms with E-state index in [9.17, 15) is 18.4 Å². The maximum Gasteiger partial charge on any atom is 0.329 e. The van der Waals surface area contributed by atoms with Crippen molar-refractivity contribution in [3.05, 3.63) is 78.3 Å². The second kappa shape index (κ2) is 11.9. The molecule has 37 heavy (non-hydrogen) atoms.